The van der Waals surface area contributed by atoms with E-state index in [4.69, 9.17) is 4.42 Å². The first-order chi connectivity index (χ1) is 7.97. The summed E-state index contributed by atoms with van der Waals surface area (Å²) in [5, 5.41) is 0.878. The molecule has 0 bridgehead atoms. The number of nitrogens with zero attached hydrogens (tertiary/aromatic N) is 1. The molecule has 0 N–H and O–H groups in total. The second-order valence-corrected chi connectivity index (χ2v) is 5.46. The molecule has 2 aromatic rings. The summed E-state index contributed by atoms with van der Waals surface area (Å²) >= 11 is 1.59. The van der Waals surface area contributed by atoms with Gasteiger partial charge in [0.15, 0.2) is 5.78 Å². The van der Waals surface area contributed by atoms with Crippen LogP contribution in [0.3, 0.4) is 0 Å². The Morgan fingerprint density at radius 3 is 2.53 bits per heavy atom. The molecule has 0 radical (unpaired) electrons. The highest BCUT2D eigenvalue weighted by Gasteiger charge is 2.16. The Bertz CT molecular complexity index is 546. The van der Waals surface area contributed by atoms with Crippen LogP contribution in [0.2, 0.25) is 0 Å². The third-order valence-electron chi connectivity index (χ3n) is 2.73. The molecular weight excluding hydrogens is 234 g/mol. The normalized spacial score (nSPS) is 10.8. The van der Waals surface area contributed by atoms with Crippen molar-refractivity contribution < 1.29 is 9.21 Å². The molecule has 0 saturated heterocycles. The maximum absolute atomic E-state index is 12.1. The lowest BCUT2D eigenvalue weighted by atomic mass is 10.1. The lowest BCUT2D eigenvalue weighted by Crippen LogP contribution is -2.03. The molecule has 0 aliphatic carbocycles. The number of hydrogen-bond donors (Lipinski definition) is 0. The van der Waals surface area contributed by atoms with Gasteiger partial charge in [0.05, 0.1) is 17.7 Å². The summed E-state index contributed by atoms with van der Waals surface area (Å²) < 4.78 is 5.36. The molecule has 4 heteroatoms. The molecule has 2 heterocycles. The van der Waals surface area contributed by atoms with Gasteiger partial charge < -0.3 is 4.42 Å². The highest BCUT2D eigenvalue weighted by atomic mass is 32.1. The monoisotopic (exact) mass is 249 g/mol. The van der Waals surface area contributed by atoms with Gasteiger partial charge in [0, 0.05) is 4.88 Å². The quantitative estimate of drug-likeness (QED) is 0.783. The number of aromatic nitrogens is 1. The number of thiazole rings is 1. The zero-order valence-corrected chi connectivity index (χ0v) is 11.3. The first-order valence-electron chi connectivity index (χ1n) is 5.50. The minimum absolute atomic E-state index is 0.0769. The minimum Gasteiger partial charge on any atom is -0.466 e. The van der Waals surface area contributed by atoms with Gasteiger partial charge >= 0.3 is 0 Å². The molecule has 0 spiro atoms. The lowest BCUT2D eigenvalue weighted by Gasteiger charge is -1.95. The molecule has 90 valence electrons. The molecule has 0 aliphatic heterocycles. The van der Waals surface area contributed by atoms with Crippen LogP contribution < -0.4 is 0 Å². The van der Waals surface area contributed by atoms with Crippen LogP contribution >= 0.6 is 11.3 Å². The van der Waals surface area contributed by atoms with Gasteiger partial charge in [-0.05, 0) is 33.8 Å². The number of carbonyl (C=O) groups is 1. The van der Waals surface area contributed by atoms with E-state index < -0.39 is 0 Å². The van der Waals surface area contributed by atoms with Crippen molar-refractivity contribution in [2.24, 2.45) is 0 Å². The van der Waals surface area contributed by atoms with Gasteiger partial charge in [-0.15, -0.1) is 11.3 Å². The van der Waals surface area contributed by atoms with E-state index in [0.29, 0.717) is 17.7 Å². The molecule has 0 atom stereocenters. The summed E-state index contributed by atoms with van der Waals surface area (Å²) in [4.78, 5) is 17.6. The SMILES string of the molecule is Cc1cc(C(=O)Cc2nc(C)c(C)s2)c(C)o1. The first kappa shape index (κ1) is 12.0. The van der Waals surface area contributed by atoms with Crippen molar-refractivity contribution in [2.45, 2.75) is 34.1 Å². The van der Waals surface area contributed by atoms with Gasteiger partial charge in [-0.25, -0.2) is 4.98 Å². The van der Waals surface area contributed by atoms with Crippen LogP contribution in [0.1, 0.15) is 37.5 Å². The number of aryl methyl sites for hydroxylation is 4. The third-order valence-corrected chi connectivity index (χ3v) is 3.80. The molecular formula is C13H15NO2S. The number of furan rings is 1. The van der Waals surface area contributed by atoms with E-state index in [1.807, 2.05) is 27.7 Å². The molecule has 3 nitrogen and oxygen atoms in total. The van der Waals surface area contributed by atoms with Crippen LogP contribution in [0.25, 0.3) is 0 Å². The van der Waals surface area contributed by atoms with Gasteiger partial charge in [0.25, 0.3) is 0 Å². The van der Waals surface area contributed by atoms with Gasteiger partial charge in [-0.1, -0.05) is 0 Å². The van der Waals surface area contributed by atoms with E-state index >= 15 is 0 Å². The van der Waals surface area contributed by atoms with Crippen LogP contribution in [0.15, 0.2) is 10.5 Å². The highest BCUT2D eigenvalue weighted by molar-refractivity contribution is 7.11. The lowest BCUT2D eigenvalue weighted by molar-refractivity contribution is 0.0991. The number of rotatable bonds is 3. The van der Waals surface area contributed by atoms with Crippen LogP contribution in [0.5, 0.6) is 0 Å². The molecule has 0 saturated carbocycles. The van der Waals surface area contributed by atoms with Crippen molar-refractivity contribution in [1.82, 2.24) is 4.98 Å². The second-order valence-electron chi connectivity index (χ2n) is 4.18. The van der Waals surface area contributed by atoms with Gasteiger partial charge in [-0.2, -0.15) is 0 Å². The Morgan fingerprint density at radius 2 is 2.06 bits per heavy atom. The standard InChI is InChI=1S/C13H15NO2S/c1-7-5-11(9(3)16-7)12(15)6-13-14-8(2)10(4)17-13/h5H,6H2,1-4H3. The Morgan fingerprint density at radius 1 is 1.35 bits per heavy atom. The Kier molecular flexibility index (Phi) is 3.15. The second kappa shape index (κ2) is 4.45. The largest absolute Gasteiger partial charge is 0.466 e. The summed E-state index contributed by atoms with van der Waals surface area (Å²) in [6, 6.07) is 1.80. The summed E-state index contributed by atoms with van der Waals surface area (Å²) in [6.07, 6.45) is 0.360. The average molecular weight is 249 g/mol. The highest BCUT2D eigenvalue weighted by Crippen LogP contribution is 2.20. The maximum Gasteiger partial charge on any atom is 0.173 e. The van der Waals surface area contributed by atoms with Crippen molar-refractivity contribution in [3.63, 3.8) is 0 Å². The van der Waals surface area contributed by atoms with Crippen molar-refractivity contribution in [3.05, 3.63) is 38.7 Å². The van der Waals surface area contributed by atoms with E-state index in [1.54, 1.807) is 17.4 Å². The van der Waals surface area contributed by atoms with Crippen LogP contribution in [-0.4, -0.2) is 10.8 Å². The summed E-state index contributed by atoms with van der Waals surface area (Å²) in [6.45, 7) is 7.65. The van der Waals surface area contributed by atoms with Gasteiger partial charge in [0.2, 0.25) is 0 Å². The van der Waals surface area contributed by atoms with Crippen molar-refractivity contribution in [3.8, 4) is 0 Å². The summed E-state index contributed by atoms with van der Waals surface area (Å²) in [7, 11) is 0. The topological polar surface area (TPSA) is 43.1 Å². The first-order valence-corrected chi connectivity index (χ1v) is 6.32. The predicted octanol–water partition coefficient (Wildman–Crippen LogP) is 3.40. The molecule has 0 aromatic carbocycles. The number of ketones is 1. The Balaban J connectivity index is 2.19. The van der Waals surface area contributed by atoms with Crippen molar-refractivity contribution in [2.75, 3.05) is 0 Å². The smallest absolute Gasteiger partial charge is 0.173 e. The molecule has 0 unspecified atom stereocenters. The molecule has 0 amide bonds. The van der Waals surface area contributed by atoms with Crippen molar-refractivity contribution in [1.29, 1.82) is 0 Å². The van der Waals surface area contributed by atoms with E-state index in [-0.39, 0.29) is 5.78 Å². The fourth-order valence-corrected chi connectivity index (χ4v) is 2.69. The van der Waals surface area contributed by atoms with E-state index in [2.05, 4.69) is 4.98 Å². The van der Waals surface area contributed by atoms with E-state index in [9.17, 15) is 4.79 Å². The third kappa shape index (κ3) is 2.47. The van der Waals surface area contributed by atoms with E-state index in [1.165, 1.54) is 4.88 Å². The molecule has 2 aromatic heterocycles. The van der Waals surface area contributed by atoms with E-state index in [0.717, 1.165) is 16.5 Å². The zero-order valence-electron chi connectivity index (χ0n) is 10.5. The zero-order chi connectivity index (χ0) is 12.6. The van der Waals surface area contributed by atoms with Crippen LogP contribution in [-0.2, 0) is 6.42 Å². The fourth-order valence-electron chi connectivity index (χ4n) is 1.76. The minimum atomic E-state index is 0.0769. The number of carbonyl (C=O) groups excluding carboxylic acids is 1. The van der Waals surface area contributed by atoms with Gasteiger partial charge in [0.1, 0.15) is 16.5 Å². The van der Waals surface area contributed by atoms with Crippen LogP contribution in [0, 0.1) is 27.7 Å². The van der Waals surface area contributed by atoms with Crippen LogP contribution in [0.4, 0.5) is 0 Å². The Hall–Kier alpha value is -1.42. The predicted molar refractivity (Wildman–Crippen MR) is 67.8 cm³/mol. The maximum atomic E-state index is 12.1. The average Bonchev–Trinajstić information content (AvgIpc) is 2.71. The summed E-state index contributed by atoms with van der Waals surface area (Å²) in [5.41, 5.74) is 1.69. The number of hydrogen-bond acceptors (Lipinski definition) is 4. The summed E-state index contributed by atoms with van der Waals surface area (Å²) in [5.74, 6) is 1.54. The molecule has 0 aliphatic rings. The van der Waals surface area contributed by atoms with Gasteiger partial charge in [-0.3, -0.25) is 4.79 Å². The molecule has 2 rings (SSSR count). The number of Topliss-reactive ketones (excluding diaryl/α,β-unsaturated/α-hetero) is 1. The fraction of sp³-hybridized carbons (Fsp3) is 0.385. The molecule has 17 heavy (non-hydrogen) atoms. The molecule has 0 fully saturated rings. The van der Waals surface area contributed by atoms with Crippen molar-refractivity contribution >= 4 is 17.1 Å². The Labute approximate surface area is 104 Å².